The van der Waals surface area contributed by atoms with Gasteiger partial charge in [-0.15, -0.1) is 0 Å². The van der Waals surface area contributed by atoms with Gasteiger partial charge < -0.3 is 4.90 Å². The molecule has 0 radical (unpaired) electrons. The van der Waals surface area contributed by atoms with Gasteiger partial charge in [0, 0.05) is 36.0 Å². The minimum absolute atomic E-state index is 0.0347. The second-order valence-electron chi connectivity index (χ2n) is 11.3. The van der Waals surface area contributed by atoms with Crippen LogP contribution in [0.4, 0.5) is 11.5 Å². The number of piperidine rings is 1. The predicted molar refractivity (Wildman–Crippen MR) is 172 cm³/mol. The Morgan fingerprint density at radius 1 is 0.707 bits per heavy atom. The van der Waals surface area contributed by atoms with Crippen molar-refractivity contribution in [3.8, 4) is 0 Å². The standard InChI is InChI=1S/C36H35N5/c1-25-22-34(37-32-12-6-4-10-30(25)32)35-24-28(17-14-27-15-18-29(19-16-27)40-20-8-3-9-21-40)39-41(35)36-23-26(2)31-11-5-7-13-33(31)38-36/h4-7,10-19,22-23,35H,3,8-9,20-21,24H2,1-2H3. The number of aromatic nitrogens is 2. The molecule has 7 rings (SSSR count). The SMILES string of the molecule is Cc1cc(C2CC(C=Cc3ccc(N4CCCCC4)cc3)=NN2c2cc(C)c3ccccc3n2)nc2ccccc12. The molecular formula is C36H35N5. The Hall–Kier alpha value is -4.51. The number of nitrogens with zero attached hydrogens (tertiary/aromatic N) is 5. The molecule has 4 heterocycles. The van der Waals surface area contributed by atoms with Crippen LogP contribution in [0.1, 0.15) is 54.1 Å². The summed E-state index contributed by atoms with van der Waals surface area (Å²) in [5, 5.41) is 9.57. The lowest BCUT2D eigenvalue weighted by Crippen LogP contribution is -2.29. The molecule has 0 saturated carbocycles. The summed E-state index contributed by atoms with van der Waals surface area (Å²) in [5.74, 6) is 0.855. The second kappa shape index (κ2) is 10.8. The van der Waals surface area contributed by atoms with Crippen LogP contribution in [0.2, 0.25) is 0 Å². The third-order valence-corrected chi connectivity index (χ3v) is 8.44. The summed E-state index contributed by atoms with van der Waals surface area (Å²) < 4.78 is 0. The molecule has 1 atom stereocenters. The summed E-state index contributed by atoms with van der Waals surface area (Å²) in [7, 11) is 0. The highest BCUT2D eigenvalue weighted by molar-refractivity contribution is 6.01. The molecule has 2 aliphatic heterocycles. The van der Waals surface area contributed by atoms with E-state index in [0.717, 1.165) is 47.8 Å². The van der Waals surface area contributed by atoms with Crippen LogP contribution in [0.3, 0.4) is 0 Å². The molecule has 3 aromatic carbocycles. The zero-order chi connectivity index (χ0) is 27.8. The molecule has 2 aliphatic rings. The van der Waals surface area contributed by atoms with Crippen LogP contribution in [0.5, 0.6) is 0 Å². The van der Waals surface area contributed by atoms with Crippen molar-refractivity contribution in [1.82, 2.24) is 9.97 Å². The second-order valence-corrected chi connectivity index (χ2v) is 11.3. The molecule has 1 unspecified atom stereocenters. The van der Waals surface area contributed by atoms with E-state index in [2.05, 4.69) is 115 Å². The maximum absolute atomic E-state index is 5.13. The Kier molecular flexibility index (Phi) is 6.71. The number of para-hydroxylation sites is 2. The maximum atomic E-state index is 5.13. The van der Waals surface area contributed by atoms with Crippen molar-refractivity contribution in [3.05, 3.63) is 113 Å². The first-order chi connectivity index (χ1) is 20.1. The summed E-state index contributed by atoms with van der Waals surface area (Å²) in [6.07, 6.45) is 9.02. The molecule has 204 valence electrons. The van der Waals surface area contributed by atoms with Crippen molar-refractivity contribution in [2.24, 2.45) is 5.10 Å². The summed E-state index contributed by atoms with van der Waals surface area (Å²) in [4.78, 5) is 12.7. The highest BCUT2D eigenvalue weighted by atomic mass is 15.5. The largest absolute Gasteiger partial charge is 0.372 e. The lowest BCUT2D eigenvalue weighted by molar-refractivity contribution is 0.578. The number of anilines is 2. The monoisotopic (exact) mass is 537 g/mol. The molecule has 0 amide bonds. The van der Waals surface area contributed by atoms with Gasteiger partial charge in [0.15, 0.2) is 0 Å². The van der Waals surface area contributed by atoms with Crippen LogP contribution < -0.4 is 9.91 Å². The number of rotatable bonds is 5. The molecule has 41 heavy (non-hydrogen) atoms. The van der Waals surface area contributed by atoms with E-state index in [1.807, 2.05) is 6.07 Å². The van der Waals surface area contributed by atoms with Crippen molar-refractivity contribution in [1.29, 1.82) is 0 Å². The smallest absolute Gasteiger partial charge is 0.150 e. The molecule has 0 N–H and O–H groups in total. The zero-order valence-electron chi connectivity index (χ0n) is 23.8. The summed E-state index contributed by atoms with van der Waals surface area (Å²) in [6, 6.07) is 30.0. The van der Waals surface area contributed by atoms with Gasteiger partial charge in [-0.1, -0.05) is 54.6 Å². The zero-order valence-corrected chi connectivity index (χ0v) is 23.8. The van der Waals surface area contributed by atoms with Crippen molar-refractivity contribution in [2.75, 3.05) is 23.0 Å². The topological polar surface area (TPSA) is 44.6 Å². The lowest BCUT2D eigenvalue weighted by atomic mass is 10.0. The number of pyridine rings is 2. The van der Waals surface area contributed by atoms with Gasteiger partial charge in [0.2, 0.25) is 0 Å². The summed E-state index contributed by atoms with van der Waals surface area (Å²) in [5.41, 5.74) is 8.97. The van der Waals surface area contributed by atoms with E-state index in [9.17, 15) is 0 Å². The van der Waals surface area contributed by atoms with Crippen molar-refractivity contribution in [3.63, 3.8) is 0 Å². The average Bonchev–Trinajstić information content (AvgIpc) is 3.45. The molecule has 1 fully saturated rings. The maximum Gasteiger partial charge on any atom is 0.150 e. The van der Waals surface area contributed by atoms with Gasteiger partial charge in [0.1, 0.15) is 11.9 Å². The number of allylic oxidation sites excluding steroid dienone is 1. The van der Waals surface area contributed by atoms with E-state index >= 15 is 0 Å². The minimum Gasteiger partial charge on any atom is -0.372 e. The first-order valence-electron chi connectivity index (χ1n) is 14.7. The van der Waals surface area contributed by atoms with Gasteiger partial charge in [0.05, 0.1) is 22.4 Å². The third kappa shape index (κ3) is 5.08. The van der Waals surface area contributed by atoms with E-state index < -0.39 is 0 Å². The molecule has 2 aromatic heterocycles. The van der Waals surface area contributed by atoms with Crippen LogP contribution >= 0.6 is 0 Å². The predicted octanol–water partition coefficient (Wildman–Crippen LogP) is 8.41. The summed E-state index contributed by atoms with van der Waals surface area (Å²) >= 11 is 0. The highest BCUT2D eigenvalue weighted by Gasteiger charge is 2.31. The fraction of sp³-hybridized carbons (Fsp3) is 0.250. The summed E-state index contributed by atoms with van der Waals surface area (Å²) in [6.45, 7) is 6.64. The number of benzene rings is 3. The Morgan fingerprint density at radius 3 is 2.10 bits per heavy atom. The van der Waals surface area contributed by atoms with Gasteiger partial charge in [-0.05, 0) is 92.3 Å². The number of fused-ring (bicyclic) bond motifs is 2. The van der Waals surface area contributed by atoms with Crippen LogP contribution in [0.25, 0.3) is 27.9 Å². The highest BCUT2D eigenvalue weighted by Crippen LogP contribution is 2.37. The molecule has 0 spiro atoms. The quantitative estimate of drug-likeness (QED) is 0.226. The van der Waals surface area contributed by atoms with Gasteiger partial charge >= 0.3 is 0 Å². The Bertz CT molecular complexity index is 1780. The molecule has 5 nitrogen and oxygen atoms in total. The van der Waals surface area contributed by atoms with Gasteiger partial charge in [-0.25, -0.2) is 9.99 Å². The van der Waals surface area contributed by atoms with E-state index in [-0.39, 0.29) is 6.04 Å². The molecule has 0 bridgehead atoms. The number of hydrazone groups is 1. The number of hydrogen-bond donors (Lipinski definition) is 0. The van der Waals surface area contributed by atoms with Crippen molar-refractivity contribution < 1.29 is 0 Å². The van der Waals surface area contributed by atoms with Gasteiger partial charge in [-0.2, -0.15) is 5.10 Å². The Labute approximate surface area is 241 Å². The van der Waals surface area contributed by atoms with Gasteiger partial charge in [0.25, 0.3) is 0 Å². The first-order valence-corrected chi connectivity index (χ1v) is 14.7. The third-order valence-electron chi connectivity index (χ3n) is 8.44. The number of hydrogen-bond acceptors (Lipinski definition) is 5. The first kappa shape index (κ1) is 25.5. The van der Waals surface area contributed by atoms with E-state index in [4.69, 9.17) is 15.1 Å². The number of aryl methyl sites for hydroxylation is 2. The minimum atomic E-state index is -0.0347. The molecule has 1 saturated heterocycles. The molecule has 0 aliphatic carbocycles. The average molecular weight is 538 g/mol. The van der Waals surface area contributed by atoms with Gasteiger partial charge in [-0.3, -0.25) is 4.98 Å². The molecule has 5 aromatic rings. The van der Waals surface area contributed by atoms with Crippen LogP contribution in [0, 0.1) is 13.8 Å². The van der Waals surface area contributed by atoms with Crippen LogP contribution in [-0.2, 0) is 0 Å². The Morgan fingerprint density at radius 2 is 1.37 bits per heavy atom. The fourth-order valence-electron chi connectivity index (χ4n) is 6.21. The van der Waals surface area contributed by atoms with Crippen molar-refractivity contribution >= 4 is 45.1 Å². The normalized spacial score (nSPS) is 17.6. The molecular weight excluding hydrogens is 502 g/mol. The fourth-order valence-corrected chi connectivity index (χ4v) is 6.21. The van der Waals surface area contributed by atoms with Crippen molar-refractivity contribution in [2.45, 2.75) is 45.6 Å². The lowest BCUT2D eigenvalue weighted by Gasteiger charge is -2.28. The molecule has 5 heteroatoms. The van der Waals surface area contributed by atoms with Crippen LogP contribution in [-0.4, -0.2) is 28.8 Å². The Balaban J connectivity index is 1.23. The van der Waals surface area contributed by atoms with Crippen LogP contribution in [0.15, 0.2) is 96.1 Å². The van der Waals surface area contributed by atoms with E-state index in [0.29, 0.717) is 0 Å². The van der Waals surface area contributed by atoms with E-state index in [1.54, 1.807) is 0 Å². The van der Waals surface area contributed by atoms with E-state index in [1.165, 1.54) is 52.4 Å².